The maximum absolute atomic E-state index is 9.67. The maximum atomic E-state index is 9.67. The van der Waals surface area contributed by atoms with E-state index < -0.39 is 0 Å². The van der Waals surface area contributed by atoms with Crippen LogP contribution in [-0.2, 0) is 0 Å². The second-order valence-corrected chi connectivity index (χ2v) is 6.77. The largest absolute Gasteiger partial charge is 0.475 e. The summed E-state index contributed by atoms with van der Waals surface area (Å²) >= 11 is 0. The summed E-state index contributed by atoms with van der Waals surface area (Å²) in [4.78, 5) is 10.7. The van der Waals surface area contributed by atoms with E-state index in [1.165, 1.54) is 6.20 Å². The summed E-state index contributed by atoms with van der Waals surface area (Å²) in [6.45, 7) is 5.37. The lowest BCUT2D eigenvalue weighted by atomic mass is 10.0. The van der Waals surface area contributed by atoms with Gasteiger partial charge in [0.05, 0.1) is 29.8 Å². The molecule has 1 fully saturated rings. The van der Waals surface area contributed by atoms with Gasteiger partial charge in [-0.15, -0.1) is 0 Å². The highest BCUT2D eigenvalue weighted by Gasteiger charge is 2.19. The van der Waals surface area contributed by atoms with Crippen molar-refractivity contribution in [1.29, 1.82) is 5.41 Å². The Morgan fingerprint density at radius 3 is 2.73 bits per heavy atom. The molecule has 2 aromatic rings. The van der Waals surface area contributed by atoms with Gasteiger partial charge in [0.1, 0.15) is 5.82 Å². The van der Waals surface area contributed by atoms with E-state index in [0.29, 0.717) is 22.8 Å². The molecule has 26 heavy (non-hydrogen) atoms. The highest BCUT2D eigenvalue weighted by Crippen LogP contribution is 2.24. The predicted octanol–water partition coefficient (Wildman–Crippen LogP) is 2.22. The number of anilines is 2. The number of rotatable bonds is 5. The zero-order chi connectivity index (χ0) is 18.7. The molecule has 0 spiro atoms. The second-order valence-electron chi connectivity index (χ2n) is 6.77. The number of nitrogens with one attached hydrogen (secondary N) is 1. The van der Waals surface area contributed by atoms with Gasteiger partial charge in [-0.05, 0) is 38.8 Å². The van der Waals surface area contributed by atoms with E-state index in [0.717, 1.165) is 37.3 Å². The molecule has 0 bridgehead atoms. The van der Waals surface area contributed by atoms with Gasteiger partial charge >= 0.3 is 0 Å². The minimum absolute atomic E-state index is 0.00450. The fourth-order valence-corrected chi connectivity index (χ4v) is 2.97. The number of nitrogens with two attached hydrogens (primary N) is 1. The number of aliphatic hydroxyl groups is 1. The van der Waals surface area contributed by atoms with Gasteiger partial charge in [-0.2, -0.15) is 0 Å². The summed E-state index contributed by atoms with van der Waals surface area (Å²) in [5.74, 6) is 1.26. The Balaban J connectivity index is 1.85. The Labute approximate surface area is 153 Å². The van der Waals surface area contributed by atoms with Gasteiger partial charge in [0.2, 0.25) is 5.88 Å². The lowest BCUT2D eigenvalue weighted by molar-refractivity contribution is 0.145. The summed E-state index contributed by atoms with van der Waals surface area (Å²) in [7, 11) is 0. The van der Waals surface area contributed by atoms with Crippen molar-refractivity contribution >= 4 is 17.2 Å². The first-order chi connectivity index (χ1) is 12.4. The molecule has 1 aliphatic rings. The maximum Gasteiger partial charge on any atom is 0.214 e. The third-order valence-corrected chi connectivity index (χ3v) is 4.36. The average molecular weight is 355 g/mol. The number of pyridine rings is 2. The van der Waals surface area contributed by atoms with Gasteiger partial charge < -0.3 is 20.5 Å². The Bertz CT molecular complexity index is 785. The third-order valence-electron chi connectivity index (χ3n) is 4.36. The normalized spacial score (nSPS) is 15.3. The molecule has 2 aromatic heterocycles. The first-order valence-electron chi connectivity index (χ1n) is 8.84. The molecule has 3 rings (SSSR count). The van der Waals surface area contributed by atoms with Crippen molar-refractivity contribution in [3.05, 3.63) is 41.7 Å². The van der Waals surface area contributed by atoms with Crippen LogP contribution < -0.4 is 15.4 Å². The van der Waals surface area contributed by atoms with Crippen molar-refractivity contribution in [3.8, 4) is 5.88 Å². The lowest BCUT2D eigenvalue weighted by Gasteiger charge is -2.30. The highest BCUT2D eigenvalue weighted by molar-refractivity contribution is 6.14. The number of nitrogen functional groups attached to an aromatic ring is 1. The molecule has 3 heterocycles. The summed E-state index contributed by atoms with van der Waals surface area (Å²) in [6.07, 6.45) is 4.45. The van der Waals surface area contributed by atoms with Crippen LogP contribution in [0.3, 0.4) is 0 Å². The summed E-state index contributed by atoms with van der Waals surface area (Å²) < 4.78 is 5.62. The molecule has 138 valence electrons. The van der Waals surface area contributed by atoms with Crippen LogP contribution in [0.15, 0.2) is 30.6 Å². The smallest absolute Gasteiger partial charge is 0.214 e. The van der Waals surface area contributed by atoms with Crippen molar-refractivity contribution < 1.29 is 9.84 Å². The van der Waals surface area contributed by atoms with Gasteiger partial charge in [0, 0.05) is 36.5 Å². The SMILES string of the molecule is CC(C)Oc1cc(C(=N)c2ccnc(N3CCC(O)CC3)c2)c(N)cn1. The molecule has 0 aliphatic carbocycles. The number of hydrogen-bond donors (Lipinski definition) is 3. The van der Waals surface area contributed by atoms with Crippen molar-refractivity contribution in [2.45, 2.75) is 38.9 Å². The van der Waals surface area contributed by atoms with E-state index in [1.807, 2.05) is 19.9 Å². The number of hydrogen-bond acceptors (Lipinski definition) is 7. The van der Waals surface area contributed by atoms with Crippen LogP contribution in [0.4, 0.5) is 11.5 Å². The number of aliphatic hydroxyl groups excluding tert-OH is 1. The average Bonchev–Trinajstić information content (AvgIpc) is 2.63. The van der Waals surface area contributed by atoms with E-state index in [1.54, 1.807) is 18.3 Å². The molecule has 0 aromatic carbocycles. The van der Waals surface area contributed by atoms with Crippen LogP contribution in [0, 0.1) is 5.41 Å². The topological polar surface area (TPSA) is 108 Å². The second kappa shape index (κ2) is 7.70. The third kappa shape index (κ3) is 4.11. The Hall–Kier alpha value is -2.67. The molecule has 0 radical (unpaired) electrons. The summed E-state index contributed by atoms with van der Waals surface area (Å²) in [5.41, 5.74) is 8.10. The van der Waals surface area contributed by atoms with E-state index >= 15 is 0 Å². The Morgan fingerprint density at radius 2 is 2.04 bits per heavy atom. The fraction of sp³-hybridized carbons (Fsp3) is 0.421. The Kier molecular flexibility index (Phi) is 5.37. The van der Waals surface area contributed by atoms with Gasteiger partial charge in [-0.25, -0.2) is 9.97 Å². The fourth-order valence-electron chi connectivity index (χ4n) is 2.97. The molecule has 0 saturated carbocycles. The van der Waals surface area contributed by atoms with Crippen molar-refractivity contribution in [3.63, 3.8) is 0 Å². The minimum Gasteiger partial charge on any atom is -0.475 e. The number of piperidine rings is 1. The van der Waals surface area contributed by atoms with Crippen LogP contribution in [0.1, 0.15) is 37.8 Å². The molecular formula is C19H25N5O2. The number of nitrogens with zero attached hydrogens (tertiary/aromatic N) is 3. The first kappa shape index (κ1) is 18.1. The van der Waals surface area contributed by atoms with Crippen molar-refractivity contribution in [1.82, 2.24) is 9.97 Å². The van der Waals surface area contributed by atoms with Crippen LogP contribution in [-0.4, -0.2) is 46.1 Å². The molecule has 4 N–H and O–H groups in total. The van der Waals surface area contributed by atoms with E-state index in [4.69, 9.17) is 15.9 Å². The molecular weight excluding hydrogens is 330 g/mol. The molecule has 0 amide bonds. The number of ether oxygens (including phenoxy) is 1. The van der Waals surface area contributed by atoms with Gasteiger partial charge in [-0.3, -0.25) is 5.41 Å². The van der Waals surface area contributed by atoms with Gasteiger partial charge in [-0.1, -0.05) is 0 Å². The quantitative estimate of drug-likeness (QED) is 0.710. The van der Waals surface area contributed by atoms with Crippen LogP contribution >= 0.6 is 0 Å². The molecule has 7 nitrogen and oxygen atoms in total. The standard InChI is InChI=1S/C19H25N5O2/c1-12(2)26-18-10-15(16(20)11-23-18)19(21)13-3-6-22-17(9-13)24-7-4-14(25)5-8-24/h3,6,9-12,14,21,25H,4-5,7-8,20H2,1-2H3. The van der Waals surface area contributed by atoms with Crippen LogP contribution in [0.5, 0.6) is 5.88 Å². The van der Waals surface area contributed by atoms with E-state index in [9.17, 15) is 5.11 Å². The minimum atomic E-state index is -0.233. The molecule has 0 unspecified atom stereocenters. The molecule has 7 heteroatoms. The first-order valence-corrected chi connectivity index (χ1v) is 8.84. The lowest BCUT2D eigenvalue weighted by Crippen LogP contribution is -2.36. The number of aromatic nitrogens is 2. The molecule has 0 atom stereocenters. The van der Waals surface area contributed by atoms with Crippen molar-refractivity contribution in [2.24, 2.45) is 0 Å². The summed E-state index contributed by atoms with van der Waals surface area (Å²) in [6, 6.07) is 5.39. The highest BCUT2D eigenvalue weighted by atomic mass is 16.5. The molecule has 1 aliphatic heterocycles. The summed E-state index contributed by atoms with van der Waals surface area (Å²) in [5, 5.41) is 18.3. The van der Waals surface area contributed by atoms with Crippen molar-refractivity contribution in [2.75, 3.05) is 23.7 Å². The van der Waals surface area contributed by atoms with Gasteiger partial charge in [0.15, 0.2) is 0 Å². The van der Waals surface area contributed by atoms with E-state index in [-0.39, 0.29) is 12.2 Å². The van der Waals surface area contributed by atoms with E-state index in [2.05, 4.69) is 14.9 Å². The zero-order valence-electron chi connectivity index (χ0n) is 15.1. The monoisotopic (exact) mass is 355 g/mol. The van der Waals surface area contributed by atoms with Crippen LogP contribution in [0.2, 0.25) is 0 Å². The predicted molar refractivity (Wildman–Crippen MR) is 102 cm³/mol. The van der Waals surface area contributed by atoms with Gasteiger partial charge in [0.25, 0.3) is 0 Å². The Morgan fingerprint density at radius 1 is 1.31 bits per heavy atom. The van der Waals surface area contributed by atoms with Crippen LogP contribution in [0.25, 0.3) is 0 Å². The zero-order valence-corrected chi connectivity index (χ0v) is 15.1. The molecule has 1 saturated heterocycles.